The van der Waals surface area contributed by atoms with E-state index in [1.54, 1.807) is 0 Å². The van der Waals surface area contributed by atoms with Gasteiger partial charge in [0, 0.05) is 42.9 Å². The maximum absolute atomic E-state index is 5.54. The van der Waals surface area contributed by atoms with Crippen molar-refractivity contribution >= 4 is 0 Å². The first-order chi connectivity index (χ1) is 12.3. The molecular formula is C21H23N3O. The van der Waals surface area contributed by atoms with Crippen molar-refractivity contribution in [3.05, 3.63) is 71.4 Å². The molecule has 1 aromatic heterocycles. The zero-order valence-corrected chi connectivity index (χ0v) is 14.5. The van der Waals surface area contributed by atoms with Crippen LogP contribution < -0.4 is 4.74 Å². The Bertz CT molecular complexity index is 824. The highest BCUT2D eigenvalue weighted by Crippen LogP contribution is 2.30. The summed E-state index contributed by atoms with van der Waals surface area (Å²) in [5, 5.41) is 7.83. The number of benzene rings is 2. The van der Waals surface area contributed by atoms with Gasteiger partial charge in [0.15, 0.2) is 0 Å². The number of H-pyrrole nitrogens is 1. The van der Waals surface area contributed by atoms with E-state index in [9.17, 15) is 0 Å². The van der Waals surface area contributed by atoms with Gasteiger partial charge in [-0.3, -0.25) is 10.00 Å². The molecule has 0 aliphatic carbocycles. The van der Waals surface area contributed by atoms with Crippen LogP contribution >= 0.6 is 0 Å². The molecular weight excluding hydrogens is 310 g/mol. The van der Waals surface area contributed by atoms with E-state index in [2.05, 4.69) is 57.6 Å². The smallest absolute Gasteiger partial charge is 0.119 e. The summed E-state index contributed by atoms with van der Waals surface area (Å²) in [6.45, 7) is 5.66. The predicted octanol–water partition coefficient (Wildman–Crippen LogP) is 4.03. The van der Waals surface area contributed by atoms with E-state index in [1.807, 2.05) is 19.1 Å². The summed E-state index contributed by atoms with van der Waals surface area (Å²) in [7, 11) is 0. The number of nitrogens with one attached hydrogen (secondary N) is 1. The molecule has 4 heteroatoms. The lowest BCUT2D eigenvalue weighted by Gasteiger charge is -2.27. The van der Waals surface area contributed by atoms with Crippen molar-refractivity contribution < 1.29 is 4.74 Å². The number of aromatic amines is 1. The fraction of sp³-hybridized carbons (Fsp3) is 0.286. The predicted molar refractivity (Wildman–Crippen MR) is 99.5 cm³/mol. The molecule has 0 bridgehead atoms. The highest BCUT2D eigenvalue weighted by Gasteiger charge is 2.22. The van der Waals surface area contributed by atoms with Gasteiger partial charge < -0.3 is 4.74 Å². The summed E-state index contributed by atoms with van der Waals surface area (Å²) in [4.78, 5) is 2.49. The fourth-order valence-electron chi connectivity index (χ4n) is 3.44. The van der Waals surface area contributed by atoms with Crippen LogP contribution in [-0.2, 0) is 19.5 Å². The van der Waals surface area contributed by atoms with Crippen molar-refractivity contribution in [2.75, 3.05) is 13.2 Å². The maximum atomic E-state index is 5.54. The number of hydrogen-bond donors (Lipinski definition) is 1. The molecule has 0 unspecified atom stereocenters. The van der Waals surface area contributed by atoms with Crippen molar-refractivity contribution in [3.63, 3.8) is 0 Å². The van der Waals surface area contributed by atoms with Crippen molar-refractivity contribution in [3.8, 4) is 17.0 Å². The minimum absolute atomic E-state index is 0.686. The van der Waals surface area contributed by atoms with Gasteiger partial charge in [-0.2, -0.15) is 5.10 Å². The van der Waals surface area contributed by atoms with Gasteiger partial charge in [0.25, 0.3) is 0 Å². The molecule has 0 fully saturated rings. The first kappa shape index (κ1) is 15.9. The quantitative estimate of drug-likeness (QED) is 0.766. The molecule has 0 radical (unpaired) electrons. The van der Waals surface area contributed by atoms with Crippen molar-refractivity contribution in [1.82, 2.24) is 15.1 Å². The number of fused-ring (bicyclic) bond motifs is 1. The van der Waals surface area contributed by atoms with Crippen LogP contribution in [0.3, 0.4) is 0 Å². The highest BCUT2D eigenvalue weighted by molar-refractivity contribution is 5.65. The molecule has 0 spiro atoms. The number of nitrogens with zero attached hydrogens (tertiary/aromatic N) is 2. The summed E-state index contributed by atoms with van der Waals surface area (Å²) in [6, 6.07) is 18.9. The lowest BCUT2D eigenvalue weighted by Crippen LogP contribution is -2.29. The van der Waals surface area contributed by atoms with E-state index in [4.69, 9.17) is 4.74 Å². The second kappa shape index (κ2) is 7.11. The minimum atomic E-state index is 0.686. The number of hydrogen-bond acceptors (Lipinski definition) is 3. The van der Waals surface area contributed by atoms with Gasteiger partial charge in [-0.25, -0.2) is 0 Å². The lowest BCUT2D eigenvalue weighted by atomic mass is 10.0. The average molecular weight is 333 g/mol. The summed E-state index contributed by atoms with van der Waals surface area (Å²) in [5.74, 6) is 0.904. The van der Waals surface area contributed by atoms with Gasteiger partial charge in [-0.05, 0) is 36.8 Å². The molecule has 128 valence electrons. The summed E-state index contributed by atoms with van der Waals surface area (Å²) >= 11 is 0. The Balaban J connectivity index is 1.54. The molecule has 4 nitrogen and oxygen atoms in total. The van der Waals surface area contributed by atoms with Gasteiger partial charge >= 0.3 is 0 Å². The third-order valence-corrected chi connectivity index (χ3v) is 4.70. The van der Waals surface area contributed by atoms with E-state index in [1.165, 1.54) is 16.8 Å². The second-order valence-corrected chi connectivity index (χ2v) is 6.43. The highest BCUT2D eigenvalue weighted by atomic mass is 16.5. The van der Waals surface area contributed by atoms with Crippen LogP contribution in [0.4, 0.5) is 0 Å². The topological polar surface area (TPSA) is 41.1 Å². The third-order valence-electron chi connectivity index (χ3n) is 4.70. The number of rotatable bonds is 5. The molecule has 2 heterocycles. The van der Waals surface area contributed by atoms with E-state index < -0.39 is 0 Å². The Labute approximate surface area is 148 Å². The van der Waals surface area contributed by atoms with Crippen molar-refractivity contribution in [2.45, 2.75) is 26.4 Å². The lowest BCUT2D eigenvalue weighted by molar-refractivity contribution is 0.245. The molecule has 4 rings (SSSR count). The zero-order valence-electron chi connectivity index (χ0n) is 14.5. The van der Waals surface area contributed by atoms with Crippen molar-refractivity contribution in [1.29, 1.82) is 0 Å². The first-order valence-corrected chi connectivity index (χ1v) is 8.89. The molecule has 0 atom stereocenters. The largest absolute Gasteiger partial charge is 0.494 e. The van der Waals surface area contributed by atoms with Gasteiger partial charge in [-0.15, -0.1) is 0 Å². The summed E-state index contributed by atoms with van der Waals surface area (Å²) < 4.78 is 5.54. The first-order valence-electron chi connectivity index (χ1n) is 8.89. The van der Waals surface area contributed by atoms with Crippen LogP contribution in [0.2, 0.25) is 0 Å². The Kier molecular flexibility index (Phi) is 4.53. The molecule has 3 aromatic rings. The Morgan fingerprint density at radius 3 is 2.64 bits per heavy atom. The van der Waals surface area contributed by atoms with E-state index in [0.717, 1.165) is 43.1 Å². The fourth-order valence-corrected chi connectivity index (χ4v) is 3.44. The minimum Gasteiger partial charge on any atom is -0.494 e. The number of aromatic nitrogens is 2. The molecule has 1 aliphatic heterocycles. The molecule has 0 amide bonds. The molecule has 0 saturated carbocycles. The van der Waals surface area contributed by atoms with Gasteiger partial charge in [-0.1, -0.05) is 30.3 Å². The number of ether oxygens (including phenoxy) is 1. The monoisotopic (exact) mass is 333 g/mol. The third kappa shape index (κ3) is 3.44. The molecule has 2 aromatic carbocycles. The van der Waals surface area contributed by atoms with Gasteiger partial charge in [0.05, 0.1) is 12.3 Å². The van der Waals surface area contributed by atoms with Gasteiger partial charge in [0.2, 0.25) is 0 Å². The zero-order chi connectivity index (χ0) is 17.1. The Morgan fingerprint density at radius 2 is 1.88 bits per heavy atom. The Hall–Kier alpha value is -2.59. The average Bonchev–Trinajstić information content (AvgIpc) is 3.07. The standard InChI is InChI=1S/C21H23N3O/c1-2-25-18-10-8-17(9-11-18)21-19-15-24(13-12-20(19)22-23-21)14-16-6-4-3-5-7-16/h3-11H,2,12-15H2,1H3,(H,22,23). The van der Waals surface area contributed by atoms with E-state index in [0.29, 0.717) is 6.61 Å². The second-order valence-electron chi connectivity index (χ2n) is 6.43. The molecule has 25 heavy (non-hydrogen) atoms. The van der Waals surface area contributed by atoms with Crippen LogP contribution in [0.25, 0.3) is 11.3 Å². The molecule has 0 saturated heterocycles. The Morgan fingerprint density at radius 1 is 1.08 bits per heavy atom. The van der Waals surface area contributed by atoms with Gasteiger partial charge in [0.1, 0.15) is 5.75 Å². The summed E-state index contributed by atoms with van der Waals surface area (Å²) in [6.07, 6.45) is 1.02. The van der Waals surface area contributed by atoms with Crippen LogP contribution in [-0.4, -0.2) is 28.2 Å². The van der Waals surface area contributed by atoms with Crippen LogP contribution in [0.15, 0.2) is 54.6 Å². The van der Waals surface area contributed by atoms with Crippen LogP contribution in [0.5, 0.6) is 5.75 Å². The SMILES string of the molecule is CCOc1ccc(-c2n[nH]c3c2CN(Cc2ccccc2)CC3)cc1. The van der Waals surface area contributed by atoms with E-state index >= 15 is 0 Å². The molecule has 1 aliphatic rings. The normalized spacial score (nSPS) is 14.3. The van der Waals surface area contributed by atoms with Crippen LogP contribution in [0, 0.1) is 0 Å². The summed E-state index contributed by atoms with van der Waals surface area (Å²) in [5.41, 5.74) is 6.16. The van der Waals surface area contributed by atoms with E-state index in [-0.39, 0.29) is 0 Å². The van der Waals surface area contributed by atoms with Crippen LogP contribution in [0.1, 0.15) is 23.7 Å². The maximum Gasteiger partial charge on any atom is 0.119 e. The van der Waals surface area contributed by atoms with Crippen molar-refractivity contribution in [2.24, 2.45) is 0 Å². The molecule has 1 N–H and O–H groups in total.